The number of aryl methyl sites for hydroxylation is 2. The normalized spacial score (nSPS) is 10.7. The molecule has 0 fully saturated rings. The Bertz CT molecular complexity index is 523. The lowest BCUT2D eigenvalue weighted by atomic mass is 10.1. The lowest BCUT2D eigenvalue weighted by Crippen LogP contribution is -2.08. The average molecular weight is 222 g/mol. The predicted octanol–water partition coefficient (Wildman–Crippen LogP) is 2.79. The van der Waals surface area contributed by atoms with Crippen LogP contribution in [0.15, 0.2) is 18.2 Å². The zero-order valence-electron chi connectivity index (χ0n) is 8.63. The van der Waals surface area contributed by atoms with E-state index in [0.717, 1.165) is 27.8 Å². The topological polar surface area (TPSA) is 50.9 Å². The number of hydrazine groups is 1. The van der Waals surface area contributed by atoms with Gasteiger partial charge in [-0.2, -0.15) is 0 Å². The quantitative estimate of drug-likeness (QED) is 0.575. The van der Waals surface area contributed by atoms with Crippen molar-refractivity contribution in [1.29, 1.82) is 0 Å². The van der Waals surface area contributed by atoms with Gasteiger partial charge in [-0.15, -0.1) is 0 Å². The number of anilines is 1. The third-order valence-electron chi connectivity index (χ3n) is 2.40. The van der Waals surface area contributed by atoms with Gasteiger partial charge in [0.05, 0.1) is 16.2 Å². The second kappa shape index (κ2) is 3.68. The Balaban J connectivity index is 2.95. The van der Waals surface area contributed by atoms with E-state index in [2.05, 4.69) is 10.4 Å². The van der Waals surface area contributed by atoms with Crippen LogP contribution < -0.4 is 11.3 Å². The third-order valence-corrected chi connectivity index (χ3v) is 2.71. The predicted molar refractivity (Wildman–Crippen MR) is 64.0 cm³/mol. The molecule has 3 N–H and O–H groups in total. The van der Waals surface area contributed by atoms with E-state index in [1.165, 1.54) is 0 Å². The van der Waals surface area contributed by atoms with Crippen LogP contribution in [-0.2, 0) is 0 Å². The van der Waals surface area contributed by atoms with Crippen molar-refractivity contribution in [3.05, 3.63) is 34.5 Å². The Morgan fingerprint density at radius 3 is 2.73 bits per heavy atom. The molecule has 0 amide bonds. The second-order valence-corrected chi connectivity index (χ2v) is 3.95. The number of benzene rings is 1. The van der Waals surface area contributed by atoms with Crippen LogP contribution in [0.2, 0.25) is 5.02 Å². The lowest BCUT2D eigenvalue weighted by molar-refractivity contribution is 1.23. The number of fused-ring (bicyclic) bond motifs is 1. The molecule has 1 heterocycles. The Morgan fingerprint density at radius 2 is 2.07 bits per heavy atom. The fraction of sp³-hybridized carbons (Fsp3) is 0.182. The first kappa shape index (κ1) is 10.2. The number of halogens is 1. The number of rotatable bonds is 1. The van der Waals surface area contributed by atoms with Gasteiger partial charge in [-0.25, -0.2) is 0 Å². The molecule has 0 unspecified atom stereocenters. The molecule has 0 spiro atoms. The van der Waals surface area contributed by atoms with Gasteiger partial charge in [-0.3, -0.25) is 10.8 Å². The largest absolute Gasteiger partial charge is 0.323 e. The van der Waals surface area contributed by atoms with E-state index in [1.807, 2.05) is 32.0 Å². The van der Waals surface area contributed by atoms with Gasteiger partial charge in [0.15, 0.2) is 0 Å². The summed E-state index contributed by atoms with van der Waals surface area (Å²) < 4.78 is 0. The van der Waals surface area contributed by atoms with E-state index in [0.29, 0.717) is 5.02 Å². The van der Waals surface area contributed by atoms with Crippen LogP contribution in [0.25, 0.3) is 10.9 Å². The molecule has 2 rings (SSSR count). The Morgan fingerprint density at radius 1 is 1.33 bits per heavy atom. The van der Waals surface area contributed by atoms with Crippen molar-refractivity contribution in [2.45, 2.75) is 13.8 Å². The molecule has 0 saturated heterocycles. The number of hydrogen-bond donors (Lipinski definition) is 2. The molecule has 0 aliphatic rings. The molecule has 0 bridgehead atoms. The van der Waals surface area contributed by atoms with Gasteiger partial charge in [-0.1, -0.05) is 17.7 Å². The fourth-order valence-corrected chi connectivity index (χ4v) is 1.92. The van der Waals surface area contributed by atoms with Crippen LogP contribution in [-0.4, -0.2) is 4.98 Å². The molecule has 0 saturated carbocycles. The van der Waals surface area contributed by atoms with Crippen molar-refractivity contribution < 1.29 is 0 Å². The molecular weight excluding hydrogens is 210 g/mol. The third kappa shape index (κ3) is 1.64. The zero-order chi connectivity index (χ0) is 11.0. The van der Waals surface area contributed by atoms with E-state index in [9.17, 15) is 0 Å². The average Bonchev–Trinajstić information content (AvgIpc) is 2.22. The van der Waals surface area contributed by atoms with Crippen LogP contribution in [0.4, 0.5) is 5.69 Å². The van der Waals surface area contributed by atoms with Gasteiger partial charge < -0.3 is 5.43 Å². The monoisotopic (exact) mass is 221 g/mol. The standard InChI is InChI=1S/C11H12ClN3/c1-6-3-4-8(12)11-10(6)9(15-13)5-7(2)14-11/h3-5H,13H2,1-2H3,(H,14,15). The van der Waals surface area contributed by atoms with Gasteiger partial charge in [0.25, 0.3) is 0 Å². The molecule has 0 aliphatic carbocycles. The van der Waals surface area contributed by atoms with Gasteiger partial charge in [0.2, 0.25) is 0 Å². The van der Waals surface area contributed by atoms with E-state index in [4.69, 9.17) is 17.4 Å². The molecule has 3 nitrogen and oxygen atoms in total. The number of aromatic nitrogens is 1. The Hall–Kier alpha value is -1.32. The molecule has 1 aromatic heterocycles. The van der Waals surface area contributed by atoms with E-state index in [1.54, 1.807) is 0 Å². The molecule has 15 heavy (non-hydrogen) atoms. The van der Waals surface area contributed by atoms with Crippen molar-refractivity contribution in [2.75, 3.05) is 5.43 Å². The minimum atomic E-state index is 0.649. The van der Waals surface area contributed by atoms with Crippen LogP contribution in [0.5, 0.6) is 0 Å². The summed E-state index contributed by atoms with van der Waals surface area (Å²) in [5.74, 6) is 5.48. The first-order chi connectivity index (χ1) is 7.13. The summed E-state index contributed by atoms with van der Waals surface area (Å²) >= 11 is 6.10. The van der Waals surface area contributed by atoms with Gasteiger partial charge in [-0.05, 0) is 31.5 Å². The van der Waals surface area contributed by atoms with E-state index >= 15 is 0 Å². The number of nitrogens with two attached hydrogens (primary N) is 1. The van der Waals surface area contributed by atoms with E-state index in [-0.39, 0.29) is 0 Å². The molecule has 78 valence electrons. The summed E-state index contributed by atoms with van der Waals surface area (Å²) in [5, 5.41) is 1.63. The summed E-state index contributed by atoms with van der Waals surface area (Å²) in [7, 11) is 0. The number of nitrogens with one attached hydrogen (secondary N) is 1. The second-order valence-electron chi connectivity index (χ2n) is 3.54. The van der Waals surface area contributed by atoms with Crippen LogP contribution in [0.1, 0.15) is 11.3 Å². The van der Waals surface area contributed by atoms with E-state index < -0.39 is 0 Å². The number of pyridine rings is 1. The Kier molecular flexibility index (Phi) is 2.50. The smallest absolute Gasteiger partial charge is 0.0915 e. The highest BCUT2D eigenvalue weighted by Crippen LogP contribution is 2.30. The highest BCUT2D eigenvalue weighted by molar-refractivity contribution is 6.35. The van der Waals surface area contributed by atoms with Gasteiger partial charge in [0.1, 0.15) is 0 Å². The van der Waals surface area contributed by atoms with Crippen LogP contribution in [0, 0.1) is 13.8 Å². The zero-order valence-corrected chi connectivity index (χ0v) is 9.39. The minimum absolute atomic E-state index is 0.649. The maximum Gasteiger partial charge on any atom is 0.0915 e. The first-order valence-electron chi connectivity index (χ1n) is 4.66. The SMILES string of the molecule is Cc1cc(NN)c2c(C)ccc(Cl)c2n1. The highest BCUT2D eigenvalue weighted by Gasteiger charge is 2.08. The van der Waals surface area contributed by atoms with Crippen molar-refractivity contribution >= 4 is 28.2 Å². The first-order valence-corrected chi connectivity index (χ1v) is 5.04. The molecule has 0 radical (unpaired) electrons. The van der Waals surface area contributed by atoms with Gasteiger partial charge >= 0.3 is 0 Å². The summed E-state index contributed by atoms with van der Waals surface area (Å²) in [5.41, 5.74) is 6.33. The molecule has 4 heteroatoms. The van der Waals surface area contributed by atoms with Gasteiger partial charge in [0, 0.05) is 11.1 Å². The van der Waals surface area contributed by atoms with Crippen molar-refractivity contribution in [1.82, 2.24) is 4.98 Å². The molecule has 2 aromatic rings. The van der Waals surface area contributed by atoms with Crippen LogP contribution >= 0.6 is 11.6 Å². The molecule has 0 aliphatic heterocycles. The summed E-state index contributed by atoms with van der Waals surface area (Å²) in [6, 6.07) is 5.72. The Labute approximate surface area is 93.2 Å². The maximum absolute atomic E-state index is 6.10. The fourth-order valence-electron chi connectivity index (χ4n) is 1.72. The number of nitrogens with zero attached hydrogens (tertiary/aromatic N) is 1. The number of hydrogen-bond acceptors (Lipinski definition) is 3. The highest BCUT2D eigenvalue weighted by atomic mass is 35.5. The van der Waals surface area contributed by atoms with Crippen molar-refractivity contribution in [3.8, 4) is 0 Å². The summed E-state index contributed by atoms with van der Waals surface area (Å²) in [4.78, 5) is 4.42. The van der Waals surface area contributed by atoms with Crippen LogP contribution in [0.3, 0.4) is 0 Å². The summed E-state index contributed by atoms with van der Waals surface area (Å²) in [6.07, 6.45) is 0. The molecule has 0 atom stereocenters. The number of nitrogen functional groups attached to an aromatic ring is 1. The molecule has 1 aromatic carbocycles. The summed E-state index contributed by atoms with van der Waals surface area (Å²) in [6.45, 7) is 3.93. The lowest BCUT2D eigenvalue weighted by Gasteiger charge is -2.10. The maximum atomic E-state index is 6.10. The van der Waals surface area contributed by atoms with Crippen molar-refractivity contribution in [3.63, 3.8) is 0 Å². The molecular formula is C11H12ClN3. The van der Waals surface area contributed by atoms with Crippen molar-refractivity contribution in [2.24, 2.45) is 5.84 Å². The minimum Gasteiger partial charge on any atom is -0.323 e.